The quantitative estimate of drug-likeness (QED) is 0.940. The maximum Gasteiger partial charge on any atom is 0.257 e. The average molecular weight is 326 g/mol. The molecule has 0 saturated carbocycles. The van der Waals surface area contributed by atoms with Crippen molar-refractivity contribution in [2.24, 2.45) is 5.92 Å². The number of hydrogen-bond acceptors (Lipinski definition) is 3. The molecule has 24 heavy (non-hydrogen) atoms. The molecule has 1 aliphatic heterocycles. The van der Waals surface area contributed by atoms with Crippen molar-refractivity contribution in [1.29, 1.82) is 0 Å². The lowest BCUT2D eigenvalue weighted by Gasteiger charge is -2.32. The van der Waals surface area contributed by atoms with Gasteiger partial charge in [-0.15, -0.1) is 0 Å². The van der Waals surface area contributed by atoms with Crippen LogP contribution in [0.1, 0.15) is 34.5 Å². The minimum Gasteiger partial charge on any atom is -0.469 e. The molecular formula is C19H22N2O3. The molecule has 126 valence electrons. The number of aryl methyl sites for hydroxylation is 1. The van der Waals surface area contributed by atoms with Crippen molar-refractivity contribution in [3.8, 4) is 0 Å². The summed E-state index contributed by atoms with van der Waals surface area (Å²) in [6, 6.07) is 11.5. The van der Waals surface area contributed by atoms with E-state index in [1.54, 1.807) is 17.9 Å². The molecule has 2 heterocycles. The SMILES string of the molecule is Cc1occc1C(=O)N1CCCC(C(=O)NCc2ccccc2)C1. The highest BCUT2D eigenvalue weighted by atomic mass is 16.3. The largest absolute Gasteiger partial charge is 0.469 e. The van der Waals surface area contributed by atoms with Gasteiger partial charge in [-0.2, -0.15) is 0 Å². The molecule has 1 aromatic heterocycles. The molecule has 5 heteroatoms. The molecule has 1 fully saturated rings. The summed E-state index contributed by atoms with van der Waals surface area (Å²) in [7, 11) is 0. The summed E-state index contributed by atoms with van der Waals surface area (Å²) >= 11 is 0. The van der Waals surface area contributed by atoms with Gasteiger partial charge in [0.1, 0.15) is 5.76 Å². The van der Waals surface area contributed by atoms with Crippen LogP contribution < -0.4 is 5.32 Å². The van der Waals surface area contributed by atoms with Crippen LogP contribution in [0.5, 0.6) is 0 Å². The maximum absolute atomic E-state index is 12.6. The standard InChI is InChI=1S/C19H22N2O3/c1-14-17(9-11-24-14)19(23)21-10-5-8-16(13-21)18(22)20-12-15-6-3-2-4-7-15/h2-4,6-7,9,11,16H,5,8,10,12-13H2,1H3,(H,20,22). The minimum absolute atomic E-state index is 0.0141. The van der Waals surface area contributed by atoms with Crippen LogP contribution in [0, 0.1) is 12.8 Å². The zero-order chi connectivity index (χ0) is 16.9. The summed E-state index contributed by atoms with van der Waals surface area (Å²) in [6.07, 6.45) is 3.18. The lowest BCUT2D eigenvalue weighted by atomic mass is 9.96. The van der Waals surface area contributed by atoms with Gasteiger partial charge in [0.2, 0.25) is 5.91 Å². The normalized spacial score (nSPS) is 17.5. The summed E-state index contributed by atoms with van der Waals surface area (Å²) in [5, 5.41) is 2.98. The number of benzene rings is 1. The molecule has 3 rings (SSSR count). The highest BCUT2D eigenvalue weighted by Crippen LogP contribution is 2.20. The maximum atomic E-state index is 12.6. The molecule has 0 aliphatic carbocycles. The Morgan fingerprint density at radius 2 is 2.04 bits per heavy atom. The molecule has 1 aromatic carbocycles. The van der Waals surface area contributed by atoms with E-state index in [2.05, 4.69) is 5.32 Å². The van der Waals surface area contributed by atoms with Gasteiger partial charge in [0, 0.05) is 19.6 Å². The van der Waals surface area contributed by atoms with Crippen LogP contribution in [-0.2, 0) is 11.3 Å². The van der Waals surface area contributed by atoms with Crippen molar-refractivity contribution in [3.05, 3.63) is 59.5 Å². The Labute approximate surface area is 141 Å². The predicted molar refractivity (Wildman–Crippen MR) is 90.4 cm³/mol. The fourth-order valence-electron chi connectivity index (χ4n) is 3.08. The first kappa shape index (κ1) is 16.3. The second kappa shape index (κ2) is 7.34. The third kappa shape index (κ3) is 3.67. The summed E-state index contributed by atoms with van der Waals surface area (Å²) in [5.41, 5.74) is 1.66. The molecular weight excluding hydrogens is 304 g/mol. The van der Waals surface area contributed by atoms with Crippen LogP contribution in [0.4, 0.5) is 0 Å². The number of rotatable bonds is 4. The van der Waals surface area contributed by atoms with Gasteiger partial charge < -0.3 is 14.6 Å². The van der Waals surface area contributed by atoms with Crippen LogP contribution in [0.3, 0.4) is 0 Å². The molecule has 2 aromatic rings. The molecule has 1 saturated heterocycles. The molecule has 1 unspecified atom stereocenters. The Morgan fingerprint density at radius 3 is 2.75 bits per heavy atom. The van der Waals surface area contributed by atoms with E-state index < -0.39 is 0 Å². The number of likely N-dealkylation sites (tertiary alicyclic amines) is 1. The van der Waals surface area contributed by atoms with Gasteiger partial charge in [0.05, 0.1) is 17.7 Å². The van der Waals surface area contributed by atoms with Gasteiger partial charge in [-0.1, -0.05) is 30.3 Å². The van der Waals surface area contributed by atoms with E-state index in [9.17, 15) is 9.59 Å². The smallest absolute Gasteiger partial charge is 0.257 e. The first-order valence-corrected chi connectivity index (χ1v) is 8.30. The van der Waals surface area contributed by atoms with E-state index in [0.29, 0.717) is 31.0 Å². The predicted octanol–water partition coefficient (Wildman–Crippen LogP) is 2.76. The topological polar surface area (TPSA) is 62.6 Å². The Balaban J connectivity index is 1.58. The summed E-state index contributed by atoms with van der Waals surface area (Å²) in [4.78, 5) is 26.7. The van der Waals surface area contributed by atoms with Crippen LogP contribution in [0.2, 0.25) is 0 Å². The Hall–Kier alpha value is -2.56. The van der Waals surface area contributed by atoms with Crippen LogP contribution in [-0.4, -0.2) is 29.8 Å². The molecule has 5 nitrogen and oxygen atoms in total. The number of amides is 2. The van der Waals surface area contributed by atoms with E-state index >= 15 is 0 Å². The first-order chi connectivity index (χ1) is 11.6. The molecule has 0 spiro atoms. The average Bonchev–Trinajstić information content (AvgIpc) is 3.06. The fourth-order valence-corrected chi connectivity index (χ4v) is 3.08. The lowest BCUT2D eigenvalue weighted by Crippen LogP contribution is -2.45. The third-order valence-electron chi connectivity index (χ3n) is 4.48. The van der Waals surface area contributed by atoms with Gasteiger partial charge >= 0.3 is 0 Å². The third-order valence-corrected chi connectivity index (χ3v) is 4.48. The Kier molecular flexibility index (Phi) is 4.99. The number of nitrogens with one attached hydrogen (secondary N) is 1. The zero-order valence-corrected chi connectivity index (χ0v) is 13.8. The van der Waals surface area contributed by atoms with Crippen molar-refractivity contribution >= 4 is 11.8 Å². The van der Waals surface area contributed by atoms with Crippen molar-refractivity contribution in [1.82, 2.24) is 10.2 Å². The van der Waals surface area contributed by atoms with E-state index in [-0.39, 0.29) is 17.7 Å². The van der Waals surface area contributed by atoms with Crippen LogP contribution >= 0.6 is 0 Å². The van der Waals surface area contributed by atoms with E-state index in [0.717, 1.165) is 18.4 Å². The zero-order valence-electron chi connectivity index (χ0n) is 13.8. The number of carbonyl (C=O) groups is 2. The summed E-state index contributed by atoms with van der Waals surface area (Å²) in [5.74, 6) is 0.427. The number of carbonyl (C=O) groups excluding carboxylic acids is 2. The van der Waals surface area contributed by atoms with Gasteiger partial charge in [0.25, 0.3) is 5.91 Å². The highest BCUT2D eigenvalue weighted by molar-refractivity contribution is 5.95. The summed E-state index contributed by atoms with van der Waals surface area (Å²) in [6.45, 7) is 3.45. The molecule has 0 bridgehead atoms. The molecule has 1 aliphatic rings. The van der Waals surface area contributed by atoms with E-state index in [1.165, 1.54) is 6.26 Å². The second-order valence-electron chi connectivity index (χ2n) is 6.18. The Bertz CT molecular complexity index is 708. The number of piperidine rings is 1. The molecule has 1 N–H and O–H groups in total. The number of furan rings is 1. The number of hydrogen-bond donors (Lipinski definition) is 1. The number of nitrogens with zero attached hydrogens (tertiary/aromatic N) is 1. The van der Waals surface area contributed by atoms with Crippen molar-refractivity contribution < 1.29 is 14.0 Å². The summed E-state index contributed by atoms with van der Waals surface area (Å²) < 4.78 is 5.21. The fraction of sp³-hybridized carbons (Fsp3) is 0.368. The minimum atomic E-state index is -0.154. The molecule has 2 amide bonds. The van der Waals surface area contributed by atoms with Gasteiger partial charge in [-0.3, -0.25) is 9.59 Å². The monoisotopic (exact) mass is 326 g/mol. The highest BCUT2D eigenvalue weighted by Gasteiger charge is 2.29. The first-order valence-electron chi connectivity index (χ1n) is 8.30. The van der Waals surface area contributed by atoms with Crippen molar-refractivity contribution in [3.63, 3.8) is 0 Å². The van der Waals surface area contributed by atoms with Crippen molar-refractivity contribution in [2.75, 3.05) is 13.1 Å². The van der Waals surface area contributed by atoms with Gasteiger partial charge in [0.15, 0.2) is 0 Å². The van der Waals surface area contributed by atoms with Crippen molar-refractivity contribution in [2.45, 2.75) is 26.3 Å². The van der Waals surface area contributed by atoms with E-state index in [4.69, 9.17) is 4.42 Å². The lowest BCUT2D eigenvalue weighted by molar-refractivity contribution is -0.126. The second-order valence-corrected chi connectivity index (χ2v) is 6.18. The molecule has 0 radical (unpaired) electrons. The molecule has 1 atom stereocenters. The van der Waals surface area contributed by atoms with Gasteiger partial charge in [-0.25, -0.2) is 0 Å². The van der Waals surface area contributed by atoms with Crippen LogP contribution in [0.25, 0.3) is 0 Å². The Morgan fingerprint density at radius 1 is 1.25 bits per heavy atom. The van der Waals surface area contributed by atoms with E-state index in [1.807, 2.05) is 30.3 Å². The van der Waals surface area contributed by atoms with Gasteiger partial charge in [-0.05, 0) is 31.4 Å². The van der Waals surface area contributed by atoms with Crippen LogP contribution in [0.15, 0.2) is 47.1 Å².